The Balaban J connectivity index is 1.75. The fourth-order valence-electron chi connectivity index (χ4n) is 2.72. The van der Waals surface area contributed by atoms with Crippen molar-refractivity contribution in [3.8, 4) is 11.1 Å². The number of carbonyl (C=O) groups is 3. The summed E-state index contributed by atoms with van der Waals surface area (Å²) in [7, 11) is 1.52. The highest BCUT2D eigenvalue weighted by atomic mass is 16.2. The van der Waals surface area contributed by atoms with Gasteiger partial charge in [-0.3, -0.25) is 14.4 Å². The largest absolute Gasteiger partial charge is 0.358 e. The van der Waals surface area contributed by atoms with Crippen LogP contribution in [0.4, 0.5) is 0 Å². The second kappa shape index (κ2) is 8.03. The fraction of sp³-hybridized carbons (Fsp3) is 0.286. The zero-order valence-electron chi connectivity index (χ0n) is 15.5. The minimum Gasteiger partial charge on any atom is -0.358 e. The highest BCUT2D eigenvalue weighted by molar-refractivity contribution is 5.98. The zero-order valence-corrected chi connectivity index (χ0v) is 15.5. The SMILES string of the molecule is CNC(=O)CNC(=O)c1ccc(-c2cc(C(=O)NC3CC3)ccc2C)cc1. The van der Waals surface area contributed by atoms with E-state index in [4.69, 9.17) is 0 Å². The van der Waals surface area contributed by atoms with E-state index in [0.29, 0.717) is 17.2 Å². The first-order valence-electron chi connectivity index (χ1n) is 8.98. The van der Waals surface area contributed by atoms with E-state index in [2.05, 4.69) is 16.0 Å². The molecule has 6 heteroatoms. The maximum Gasteiger partial charge on any atom is 0.251 e. The van der Waals surface area contributed by atoms with Gasteiger partial charge in [0.05, 0.1) is 6.54 Å². The summed E-state index contributed by atoms with van der Waals surface area (Å²) in [6.45, 7) is 1.93. The highest BCUT2D eigenvalue weighted by Crippen LogP contribution is 2.26. The monoisotopic (exact) mass is 365 g/mol. The van der Waals surface area contributed by atoms with Crippen LogP contribution >= 0.6 is 0 Å². The molecule has 1 aliphatic carbocycles. The van der Waals surface area contributed by atoms with Gasteiger partial charge in [0, 0.05) is 24.2 Å². The Labute approximate surface area is 158 Å². The van der Waals surface area contributed by atoms with Gasteiger partial charge in [-0.25, -0.2) is 0 Å². The summed E-state index contributed by atoms with van der Waals surface area (Å²) < 4.78 is 0. The lowest BCUT2D eigenvalue weighted by Crippen LogP contribution is -2.35. The van der Waals surface area contributed by atoms with Crippen molar-refractivity contribution in [2.24, 2.45) is 0 Å². The van der Waals surface area contributed by atoms with Gasteiger partial charge in [0.2, 0.25) is 5.91 Å². The molecular weight excluding hydrogens is 342 g/mol. The predicted molar refractivity (Wildman–Crippen MR) is 104 cm³/mol. The lowest BCUT2D eigenvalue weighted by Gasteiger charge is -2.11. The van der Waals surface area contributed by atoms with E-state index in [-0.39, 0.29) is 24.3 Å². The van der Waals surface area contributed by atoms with Crippen LogP contribution in [0.2, 0.25) is 0 Å². The van der Waals surface area contributed by atoms with Gasteiger partial charge in [-0.1, -0.05) is 18.2 Å². The molecule has 27 heavy (non-hydrogen) atoms. The second-order valence-corrected chi connectivity index (χ2v) is 6.71. The van der Waals surface area contributed by atoms with Crippen LogP contribution in [0, 0.1) is 6.92 Å². The van der Waals surface area contributed by atoms with E-state index < -0.39 is 0 Å². The topological polar surface area (TPSA) is 87.3 Å². The van der Waals surface area contributed by atoms with Crippen molar-refractivity contribution in [3.05, 3.63) is 59.2 Å². The third kappa shape index (κ3) is 4.73. The minimum absolute atomic E-state index is 0.0519. The molecule has 0 radical (unpaired) electrons. The van der Waals surface area contributed by atoms with E-state index in [1.165, 1.54) is 7.05 Å². The molecule has 0 bridgehead atoms. The average Bonchev–Trinajstić information content (AvgIpc) is 3.50. The van der Waals surface area contributed by atoms with Crippen molar-refractivity contribution in [1.29, 1.82) is 0 Å². The molecule has 0 unspecified atom stereocenters. The number of likely N-dealkylation sites (N-methyl/N-ethyl adjacent to an activating group) is 1. The van der Waals surface area contributed by atoms with E-state index in [1.54, 1.807) is 12.1 Å². The molecule has 2 aromatic carbocycles. The quantitative estimate of drug-likeness (QED) is 0.732. The number of rotatable bonds is 6. The number of hydrogen-bond acceptors (Lipinski definition) is 3. The first-order valence-corrected chi connectivity index (χ1v) is 8.98. The molecule has 0 atom stereocenters. The van der Waals surface area contributed by atoms with Crippen LogP contribution in [0.1, 0.15) is 39.1 Å². The van der Waals surface area contributed by atoms with Crippen LogP contribution in [0.5, 0.6) is 0 Å². The Bertz CT molecular complexity index is 871. The average molecular weight is 365 g/mol. The summed E-state index contributed by atoms with van der Waals surface area (Å²) in [6, 6.07) is 13.1. The lowest BCUT2D eigenvalue weighted by molar-refractivity contribution is -0.119. The predicted octanol–water partition coefficient (Wildman–Crippen LogP) is 2.03. The van der Waals surface area contributed by atoms with Crippen LogP contribution < -0.4 is 16.0 Å². The van der Waals surface area contributed by atoms with E-state index in [1.807, 2.05) is 37.3 Å². The van der Waals surface area contributed by atoms with E-state index >= 15 is 0 Å². The fourth-order valence-corrected chi connectivity index (χ4v) is 2.72. The molecule has 2 aromatic rings. The number of hydrogen-bond donors (Lipinski definition) is 3. The summed E-state index contributed by atoms with van der Waals surface area (Å²) in [5, 5.41) is 8.01. The third-order valence-electron chi connectivity index (χ3n) is 4.56. The van der Waals surface area contributed by atoms with Crippen LogP contribution in [0.25, 0.3) is 11.1 Å². The maximum absolute atomic E-state index is 12.3. The van der Waals surface area contributed by atoms with Crippen LogP contribution in [-0.2, 0) is 4.79 Å². The summed E-state index contributed by atoms with van der Waals surface area (Å²) in [6.07, 6.45) is 2.10. The van der Waals surface area contributed by atoms with Gasteiger partial charge < -0.3 is 16.0 Å². The molecule has 0 aliphatic heterocycles. The van der Waals surface area contributed by atoms with Gasteiger partial charge in [-0.05, 0) is 60.7 Å². The van der Waals surface area contributed by atoms with Crippen molar-refractivity contribution < 1.29 is 14.4 Å². The molecular formula is C21H23N3O3. The van der Waals surface area contributed by atoms with Crippen LogP contribution in [0.15, 0.2) is 42.5 Å². The Morgan fingerprint density at radius 1 is 0.963 bits per heavy atom. The van der Waals surface area contributed by atoms with Crippen molar-refractivity contribution >= 4 is 17.7 Å². The van der Waals surface area contributed by atoms with E-state index in [0.717, 1.165) is 29.5 Å². The molecule has 3 N–H and O–H groups in total. The molecule has 6 nitrogen and oxygen atoms in total. The Morgan fingerprint density at radius 2 is 1.63 bits per heavy atom. The van der Waals surface area contributed by atoms with Crippen LogP contribution in [0.3, 0.4) is 0 Å². The summed E-state index contributed by atoms with van der Waals surface area (Å²) in [4.78, 5) is 35.6. The summed E-state index contributed by atoms with van der Waals surface area (Å²) in [5.74, 6) is -0.611. The van der Waals surface area contributed by atoms with E-state index in [9.17, 15) is 14.4 Å². The molecule has 140 valence electrons. The van der Waals surface area contributed by atoms with Crippen molar-refractivity contribution in [2.45, 2.75) is 25.8 Å². The van der Waals surface area contributed by atoms with Gasteiger partial charge >= 0.3 is 0 Å². The number of aryl methyl sites for hydroxylation is 1. The maximum atomic E-state index is 12.3. The Morgan fingerprint density at radius 3 is 2.26 bits per heavy atom. The molecule has 0 saturated heterocycles. The molecule has 1 aliphatic rings. The smallest absolute Gasteiger partial charge is 0.251 e. The molecule has 1 fully saturated rings. The highest BCUT2D eigenvalue weighted by Gasteiger charge is 2.24. The summed E-state index contributed by atoms with van der Waals surface area (Å²) in [5.41, 5.74) is 4.04. The van der Waals surface area contributed by atoms with Crippen LogP contribution in [-0.4, -0.2) is 37.4 Å². The minimum atomic E-state index is -0.306. The first kappa shape index (κ1) is 18.6. The molecule has 0 heterocycles. The van der Waals surface area contributed by atoms with Crippen molar-refractivity contribution in [3.63, 3.8) is 0 Å². The normalized spacial score (nSPS) is 13.0. The van der Waals surface area contributed by atoms with Gasteiger partial charge in [-0.2, -0.15) is 0 Å². The molecule has 0 spiro atoms. The van der Waals surface area contributed by atoms with Gasteiger partial charge in [-0.15, -0.1) is 0 Å². The standard InChI is InChI=1S/C21H23N3O3/c1-13-3-4-16(21(27)24-17-9-10-17)11-18(13)14-5-7-15(8-6-14)20(26)23-12-19(25)22-2/h3-8,11,17H,9-10,12H2,1-2H3,(H,22,25)(H,23,26)(H,24,27). The molecule has 3 amide bonds. The number of carbonyl (C=O) groups excluding carboxylic acids is 3. The van der Waals surface area contributed by atoms with Crippen molar-refractivity contribution in [2.75, 3.05) is 13.6 Å². The summed E-state index contributed by atoms with van der Waals surface area (Å²) >= 11 is 0. The first-order chi connectivity index (χ1) is 13.0. The lowest BCUT2D eigenvalue weighted by atomic mass is 9.97. The number of nitrogens with one attached hydrogen (secondary N) is 3. The molecule has 0 aromatic heterocycles. The third-order valence-corrected chi connectivity index (χ3v) is 4.56. The van der Waals surface area contributed by atoms with Gasteiger partial charge in [0.25, 0.3) is 11.8 Å². The number of benzene rings is 2. The molecule has 1 saturated carbocycles. The molecule has 3 rings (SSSR count). The Hall–Kier alpha value is -3.15. The van der Waals surface area contributed by atoms with Gasteiger partial charge in [0.15, 0.2) is 0 Å². The number of amides is 3. The second-order valence-electron chi connectivity index (χ2n) is 6.71. The van der Waals surface area contributed by atoms with Crippen molar-refractivity contribution in [1.82, 2.24) is 16.0 Å². The van der Waals surface area contributed by atoms with Gasteiger partial charge in [0.1, 0.15) is 0 Å². The Kier molecular flexibility index (Phi) is 5.54. The zero-order chi connectivity index (χ0) is 19.4.